The second kappa shape index (κ2) is 7.26. The molecule has 1 amide bonds. The molecule has 1 heterocycles. The van der Waals surface area contributed by atoms with Gasteiger partial charge in [0.2, 0.25) is 5.91 Å². The Morgan fingerprint density at radius 3 is 2.67 bits per heavy atom. The van der Waals surface area contributed by atoms with Crippen LogP contribution in [0.2, 0.25) is 0 Å². The largest absolute Gasteiger partial charge is 0.358 e. The summed E-state index contributed by atoms with van der Waals surface area (Å²) in [6, 6.07) is 10.3. The molecule has 1 atom stereocenters. The minimum atomic E-state index is -0.223. The standard InChI is InChI=1S/C15H20N4OS/c1-11(2)19-10-17-18-15(19)21-13(14(20)16-3)9-12-7-5-4-6-8-12/h4-8,10-11,13H,9H2,1-3H3,(H,16,20)/t13-/m1/s1. The molecule has 0 unspecified atom stereocenters. The molecule has 1 N–H and O–H groups in total. The van der Waals surface area contributed by atoms with Crippen LogP contribution in [0.15, 0.2) is 41.8 Å². The fourth-order valence-electron chi connectivity index (χ4n) is 1.97. The molecule has 1 aromatic carbocycles. The maximum absolute atomic E-state index is 12.1. The van der Waals surface area contributed by atoms with Gasteiger partial charge in [0.05, 0.1) is 5.25 Å². The molecule has 0 aliphatic rings. The van der Waals surface area contributed by atoms with E-state index in [1.165, 1.54) is 11.8 Å². The number of amides is 1. The monoisotopic (exact) mass is 304 g/mol. The zero-order valence-electron chi connectivity index (χ0n) is 12.5. The van der Waals surface area contributed by atoms with Crippen LogP contribution >= 0.6 is 11.8 Å². The van der Waals surface area contributed by atoms with Gasteiger partial charge in [0, 0.05) is 13.1 Å². The summed E-state index contributed by atoms with van der Waals surface area (Å²) >= 11 is 1.46. The molecule has 5 nitrogen and oxygen atoms in total. The van der Waals surface area contributed by atoms with E-state index in [0.717, 1.165) is 10.7 Å². The van der Waals surface area contributed by atoms with E-state index in [1.807, 2.05) is 34.9 Å². The number of carbonyl (C=O) groups excluding carboxylic acids is 1. The van der Waals surface area contributed by atoms with Crippen molar-refractivity contribution in [1.29, 1.82) is 0 Å². The number of hydrogen-bond acceptors (Lipinski definition) is 4. The van der Waals surface area contributed by atoms with Gasteiger partial charge < -0.3 is 9.88 Å². The number of aromatic nitrogens is 3. The Morgan fingerprint density at radius 1 is 1.33 bits per heavy atom. The molecular weight excluding hydrogens is 284 g/mol. The molecule has 0 bridgehead atoms. The number of rotatable bonds is 6. The van der Waals surface area contributed by atoms with Crippen LogP contribution in [0.3, 0.4) is 0 Å². The summed E-state index contributed by atoms with van der Waals surface area (Å²) in [4.78, 5) is 12.1. The molecule has 112 valence electrons. The van der Waals surface area contributed by atoms with Gasteiger partial charge in [0.15, 0.2) is 5.16 Å². The van der Waals surface area contributed by atoms with Gasteiger partial charge in [-0.05, 0) is 25.8 Å². The second-order valence-corrected chi connectivity index (χ2v) is 6.19. The summed E-state index contributed by atoms with van der Waals surface area (Å²) in [5.41, 5.74) is 1.13. The zero-order chi connectivity index (χ0) is 15.2. The van der Waals surface area contributed by atoms with Gasteiger partial charge in [0.1, 0.15) is 6.33 Å². The number of nitrogens with one attached hydrogen (secondary N) is 1. The first kappa shape index (κ1) is 15.6. The lowest BCUT2D eigenvalue weighted by Gasteiger charge is -2.16. The number of nitrogens with zero attached hydrogens (tertiary/aromatic N) is 3. The maximum atomic E-state index is 12.1. The summed E-state index contributed by atoms with van der Waals surface area (Å²) in [6.45, 7) is 4.14. The van der Waals surface area contributed by atoms with Crippen molar-refractivity contribution >= 4 is 17.7 Å². The topological polar surface area (TPSA) is 59.8 Å². The highest BCUT2D eigenvalue weighted by atomic mass is 32.2. The third-order valence-electron chi connectivity index (χ3n) is 3.15. The van der Waals surface area contributed by atoms with E-state index in [2.05, 4.69) is 29.4 Å². The Labute approximate surface area is 129 Å². The van der Waals surface area contributed by atoms with Crippen molar-refractivity contribution in [3.8, 4) is 0 Å². The first-order valence-electron chi connectivity index (χ1n) is 6.93. The molecule has 21 heavy (non-hydrogen) atoms. The van der Waals surface area contributed by atoms with Crippen LogP contribution in [0.1, 0.15) is 25.5 Å². The SMILES string of the molecule is CNC(=O)[C@@H](Cc1ccccc1)Sc1nncn1C(C)C. The van der Waals surface area contributed by atoms with Crippen LogP contribution in [0.4, 0.5) is 0 Å². The Bertz CT molecular complexity index is 582. The minimum absolute atomic E-state index is 0.00200. The van der Waals surface area contributed by atoms with Crippen molar-refractivity contribution in [1.82, 2.24) is 20.1 Å². The van der Waals surface area contributed by atoms with Crippen molar-refractivity contribution in [2.75, 3.05) is 7.05 Å². The Hall–Kier alpha value is -1.82. The molecule has 0 aliphatic carbocycles. The van der Waals surface area contributed by atoms with Crippen LogP contribution in [0.5, 0.6) is 0 Å². The van der Waals surface area contributed by atoms with Gasteiger partial charge in [-0.25, -0.2) is 0 Å². The molecule has 0 fully saturated rings. The number of benzene rings is 1. The predicted octanol–water partition coefficient (Wildman–Crippen LogP) is 2.31. The lowest BCUT2D eigenvalue weighted by Crippen LogP contribution is -2.31. The van der Waals surface area contributed by atoms with Crippen LogP contribution in [-0.2, 0) is 11.2 Å². The highest BCUT2D eigenvalue weighted by Gasteiger charge is 2.22. The van der Waals surface area contributed by atoms with E-state index in [4.69, 9.17) is 0 Å². The lowest BCUT2D eigenvalue weighted by molar-refractivity contribution is -0.120. The molecule has 6 heteroatoms. The van der Waals surface area contributed by atoms with Gasteiger partial charge >= 0.3 is 0 Å². The van der Waals surface area contributed by atoms with E-state index in [9.17, 15) is 4.79 Å². The predicted molar refractivity (Wildman–Crippen MR) is 84.3 cm³/mol. The van der Waals surface area contributed by atoms with E-state index in [-0.39, 0.29) is 17.2 Å². The smallest absolute Gasteiger partial charge is 0.233 e. The lowest BCUT2D eigenvalue weighted by atomic mass is 10.1. The van der Waals surface area contributed by atoms with Crippen LogP contribution in [-0.4, -0.2) is 33.0 Å². The van der Waals surface area contributed by atoms with Crippen molar-refractivity contribution < 1.29 is 4.79 Å². The number of hydrogen-bond donors (Lipinski definition) is 1. The summed E-state index contributed by atoms with van der Waals surface area (Å²) in [7, 11) is 1.66. The first-order chi connectivity index (χ1) is 10.1. The van der Waals surface area contributed by atoms with E-state index in [0.29, 0.717) is 6.42 Å². The second-order valence-electron chi connectivity index (χ2n) is 5.02. The Morgan fingerprint density at radius 2 is 2.05 bits per heavy atom. The van der Waals surface area contributed by atoms with Crippen LogP contribution < -0.4 is 5.32 Å². The molecule has 1 aromatic heterocycles. The molecule has 0 saturated heterocycles. The normalized spacial score (nSPS) is 12.4. The van der Waals surface area contributed by atoms with Gasteiger partial charge in [0.25, 0.3) is 0 Å². The number of carbonyl (C=O) groups is 1. The maximum Gasteiger partial charge on any atom is 0.233 e. The van der Waals surface area contributed by atoms with Crippen molar-refractivity contribution in [2.45, 2.75) is 36.7 Å². The molecule has 0 radical (unpaired) electrons. The average molecular weight is 304 g/mol. The molecule has 0 spiro atoms. The zero-order valence-corrected chi connectivity index (χ0v) is 13.3. The summed E-state index contributed by atoms with van der Waals surface area (Å²) in [6.07, 6.45) is 2.37. The highest BCUT2D eigenvalue weighted by molar-refractivity contribution is 8.00. The Balaban J connectivity index is 2.17. The fourth-order valence-corrected chi connectivity index (χ4v) is 3.20. The summed E-state index contributed by atoms with van der Waals surface area (Å²) in [5, 5.41) is 11.4. The summed E-state index contributed by atoms with van der Waals surface area (Å²) < 4.78 is 1.98. The molecular formula is C15H20N4OS. The van der Waals surface area contributed by atoms with Gasteiger partial charge in [-0.2, -0.15) is 0 Å². The van der Waals surface area contributed by atoms with Crippen LogP contribution in [0.25, 0.3) is 0 Å². The highest BCUT2D eigenvalue weighted by Crippen LogP contribution is 2.26. The van der Waals surface area contributed by atoms with E-state index in [1.54, 1.807) is 13.4 Å². The third-order valence-corrected chi connectivity index (χ3v) is 4.32. The summed E-state index contributed by atoms with van der Waals surface area (Å²) in [5.74, 6) is 0.00200. The van der Waals surface area contributed by atoms with Gasteiger partial charge in [-0.3, -0.25) is 4.79 Å². The van der Waals surface area contributed by atoms with Crippen molar-refractivity contribution in [3.05, 3.63) is 42.2 Å². The minimum Gasteiger partial charge on any atom is -0.358 e. The van der Waals surface area contributed by atoms with Crippen LogP contribution in [0, 0.1) is 0 Å². The van der Waals surface area contributed by atoms with Crippen molar-refractivity contribution in [3.63, 3.8) is 0 Å². The quantitative estimate of drug-likeness (QED) is 0.832. The average Bonchev–Trinajstić information content (AvgIpc) is 2.95. The number of thioether (sulfide) groups is 1. The molecule has 0 saturated carbocycles. The van der Waals surface area contributed by atoms with Crippen molar-refractivity contribution in [2.24, 2.45) is 0 Å². The molecule has 0 aliphatic heterocycles. The van der Waals surface area contributed by atoms with Gasteiger partial charge in [-0.15, -0.1) is 10.2 Å². The fraction of sp³-hybridized carbons (Fsp3) is 0.400. The molecule has 2 aromatic rings. The third kappa shape index (κ3) is 4.07. The first-order valence-corrected chi connectivity index (χ1v) is 7.81. The van der Waals surface area contributed by atoms with Gasteiger partial charge in [-0.1, -0.05) is 42.1 Å². The van der Waals surface area contributed by atoms with E-state index < -0.39 is 0 Å². The van der Waals surface area contributed by atoms with E-state index >= 15 is 0 Å². The Kier molecular flexibility index (Phi) is 5.38. The molecule has 2 rings (SSSR count).